The Hall–Kier alpha value is -1.71. The zero-order valence-corrected chi connectivity index (χ0v) is 11.4. The molecule has 0 radical (unpaired) electrons. The van der Waals surface area contributed by atoms with Gasteiger partial charge >= 0.3 is 0 Å². The first kappa shape index (κ1) is 14.7. The van der Waals surface area contributed by atoms with Gasteiger partial charge in [-0.15, -0.1) is 0 Å². The van der Waals surface area contributed by atoms with Crippen LogP contribution in [0, 0.1) is 5.82 Å². The molecule has 2 aromatic rings. The summed E-state index contributed by atoms with van der Waals surface area (Å²) in [4.78, 5) is 0. The Morgan fingerprint density at radius 2 is 1.80 bits per heavy atom. The molecule has 0 aromatic heterocycles. The fourth-order valence-corrected chi connectivity index (χ4v) is 1.86. The van der Waals surface area contributed by atoms with Crippen molar-refractivity contribution in [3.8, 4) is 0 Å². The van der Waals surface area contributed by atoms with Crippen LogP contribution in [0.3, 0.4) is 0 Å². The molecule has 0 aliphatic heterocycles. The quantitative estimate of drug-likeness (QED) is 0.784. The minimum atomic E-state index is -1.52. The van der Waals surface area contributed by atoms with Crippen LogP contribution in [0.5, 0.6) is 0 Å². The second-order valence-electron chi connectivity index (χ2n) is 4.25. The van der Waals surface area contributed by atoms with Gasteiger partial charge in [0.15, 0.2) is 6.30 Å². The fraction of sp³-hybridized carbons (Fsp3) is 0.125. The van der Waals surface area contributed by atoms with E-state index < -0.39 is 12.1 Å². The summed E-state index contributed by atoms with van der Waals surface area (Å²) < 4.78 is 27.1. The molecule has 104 valence electrons. The molecule has 0 spiro atoms. The van der Waals surface area contributed by atoms with Crippen LogP contribution in [0.15, 0.2) is 54.6 Å². The van der Waals surface area contributed by atoms with E-state index in [1.165, 1.54) is 18.2 Å². The van der Waals surface area contributed by atoms with Crippen molar-refractivity contribution >= 4 is 17.7 Å². The summed E-state index contributed by atoms with van der Waals surface area (Å²) in [7, 11) is 0. The van der Waals surface area contributed by atoms with Crippen LogP contribution in [0.1, 0.15) is 17.4 Å². The van der Waals surface area contributed by atoms with Gasteiger partial charge in [0.05, 0.1) is 0 Å². The second-order valence-corrected chi connectivity index (χ2v) is 4.68. The predicted octanol–water partition coefficient (Wildman–Crippen LogP) is 4.75. The number of alkyl halides is 1. The van der Waals surface area contributed by atoms with Crippen molar-refractivity contribution in [3.05, 3.63) is 76.6 Å². The van der Waals surface area contributed by atoms with E-state index in [0.29, 0.717) is 11.6 Å². The Morgan fingerprint density at radius 3 is 2.50 bits per heavy atom. The van der Waals surface area contributed by atoms with E-state index in [1.807, 2.05) is 18.2 Å². The fourth-order valence-electron chi connectivity index (χ4n) is 1.73. The molecule has 20 heavy (non-hydrogen) atoms. The first-order valence-corrected chi connectivity index (χ1v) is 6.58. The molecule has 0 amide bonds. The van der Waals surface area contributed by atoms with Gasteiger partial charge in [0.25, 0.3) is 0 Å². The molecule has 0 heterocycles. The molecular weight excluding hydrogens is 280 g/mol. The maximum absolute atomic E-state index is 13.8. The molecule has 0 aliphatic carbocycles. The lowest BCUT2D eigenvalue weighted by Gasteiger charge is -2.09. The normalized spacial score (nSPS) is 12.8. The minimum absolute atomic E-state index is 0.0207. The van der Waals surface area contributed by atoms with Crippen LogP contribution in [0.2, 0.25) is 5.02 Å². The minimum Gasteiger partial charge on any atom is -0.280 e. The number of hydrogen-bond acceptors (Lipinski definition) is 1. The molecule has 2 aromatic carbocycles. The molecule has 4 heteroatoms. The van der Waals surface area contributed by atoms with Crippen molar-refractivity contribution in [2.45, 2.75) is 6.30 Å². The lowest BCUT2D eigenvalue weighted by molar-refractivity contribution is 0.282. The third kappa shape index (κ3) is 4.15. The van der Waals surface area contributed by atoms with Crippen molar-refractivity contribution in [2.24, 2.45) is 0 Å². The Morgan fingerprint density at radius 1 is 1.10 bits per heavy atom. The maximum Gasteiger partial charge on any atom is 0.180 e. The van der Waals surface area contributed by atoms with Crippen LogP contribution in [-0.2, 0) is 0 Å². The molecule has 1 atom stereocenters. The molecule has 0 aliphatic rings. The zero-order chi connectivity index (χ0) is 14.4. The largest absolute Gasteiger partial charge is 0.280 e. The van der Waals surface area contributed by atoms with Gasteiger partial charge in [-0.25, -0.2) is 8.78 Å². The van der Waals surface area contributed by atoms with Crippen LogP contribution < -0.4 is 5.32 Å². The average Bonchev–Trinajstić information content (AvgIpc) is 2.46. The van der Waals surface area contributed by atoms with Gasteiger partial charge in [0.2, 0.25) is 0 Å². The predicted molar refractivity (Wildman–Crippen MR) is 78.7 cm³/mol. The van der Waals surface area contributed by atoms with Crippen molar-refractivity contribution in [1.82, 2.24) is 5.32 Å². The highest BCUT2D eigenvalue weighted by Gasteiger charge is 2.11. The van der Waals surface area contributed by atoms with Gasteiger partial charge in [0.1, 0.15) is 5.82 Å². The number of benzene rings is 2. The van der Waals surface area contributed by atoms with Gasteiger partial charge in [0, 0.05) is 17.1 Å². The van der Waals surface area contributed by atoms with Gasteiger partial charge in [-0.05, 0) is 23.8 Å². The molecule has 1 unspecified atom stereocenters. The Labute approximate surface area is 121 Å². The van der Waals surface area contributed by atoms with Crippen molar-refractivity contribution in [2.75, 3.05) is 6.54 Å². The number of nitrogens with one attached hydrogen (secondary N) is 1. The van der Waals surface area contributed by atoms with E-state index in [4.69, 9.17) is 11.6 Å². The van der Waals surface area contributed by atoms with Crippen molar-refractivity contribution < 1.29 is 8.78 Å². The van der Waals surface area contributed by atoms with Crippen LogP contribution in [0.25, 0.3) is 6.08 Å². The monoisotopic (exact) mass is 293 g/mol. The van der Waals surface area contributed by atoms with Crippen LogP contribution in [-0.4, -0.2) is 6.54 Å². The Kier molecular flexibility index (Phi) is 5.27. The van der Waals surface area contributed by atoms with Crippen molar-refractivity contribution in [3.63, 3.8) is 0 Å². The molecule has 2 rings (SSSR count). The lowest BCUT2D eigenvalue weighted by atomic mass is 10.2. The summed E-state index contributed by atoms with van der Waals surface area (Å²) in [5.41, 5.74) is 0.991. The molecule has 1 N–H and O–H groups in total. The van der Waals surface area contributed by atoms with Gasteiger partial charge in [-0.1, -0.05) is 54.1 Å². The summed E-state index contributed by atoms with van der Waals surface area (Å²) in [5, 5.41) is 3.27. The number of rotatable bonds is 5. The molecule has 0 saturated heterocycles. The van der Waals surface area contributed by atoms with E-state index in [1.54, 1.807) is 24.3 Å². The first-order chi connectivity index (χ1) is 9.66. The van der Waals surface area contributed by atoms with E-state index in [2.05, 4.69) is 5.32 Å². The molecule has 0 fully saturated rings. The summed E-state index contributed by atoms with van der Waals surface area (Å²) >= 11 is 5.78. The highest BCUT2D eigenvalue weighted by molar-refractivity contribution is 6.30. The van der Waals surface area contributed by atoms with Gasteiger partial charge in [-0.2, -0.15) is 0 Å². The summed E-state index contributed by atoms with van der Waals surface area (Å²) in [5.74, 6) is -0.547. The lowest BCUT2D eigenvalue weighted by Crippen LogP contribution is -2.18. The Bertz CT molecular complexity index is 581. The SMILES string of the molecule is Fc1ccccc1C(F)NCC=Cc1ccc(Cl)cc1. The highest BCUT2D eigenvalue weighted by atomic mass is 35.5. The van der Waals surface area contributed by atoms with E-state index in [0.717, 1.165) is 5.56 Å². The number of halogens is 3. The van der Waals surface area contributed by atoms with Crippen LogP contribution >= 0.6 is 11.6 Å². The third-order valence-corrected chi connectivity index (χ3v) is 3.03. The third-order valence-electron chi connectivity index (χ3n) is 2.77. The van der Waals surface area contributed by atoms with E-state index >= 15 is 0 Å². The maximum atomic E-state index is 13.8. The van der Waals surface area contributed by atoms with Gasteiger partial charge < -0.3 is 0 Å². The standard InChI is InChI=1S/C16H14ClF2N/c17-13-9-7-12(8-10-13)4-3-11-20-16(19)14-5-1-2-6-15(14)18/h1-10,16,20H,11H2. The first-order valence-electron chi connectivity index (χ1n) is 6.21. The second kappa shape index (κ2) is 7.17. The molecular formula is C16H14ClF2N. The highest BCUT2D eigenvalue weighted by Crippen LogP contribution is 2.17. The van der Waals surface area contributed by atoms with Crippen molar-refractivity contribution in [1.29, 1.82) is 0 Å². The summed E-state index contributed by atoms with van der Waals surface area (Å²) in [6.07, 6.45) is 2.10. The molecule has 0 bridgehead atoms. The van der Waals surface area contributed by atoms with Gasteiger partial charge in [-0.3, -0.25) is 5.32 Å². The van der Waals surface area contributed by atoms with E-state index in [-0.39, 0.29) is 5.56 Å². The number of hydrogen-bond donors (Lipinski definition) is 1. The zero-order valence-electron chi connectivity index (χ0n) is 10.7. The topological polar surface area (TPSA) is 12.0 Å². The Balaban J connectivity index is 1.86. The van der Waals surface area contributed by atoms with Crippen LogP contribution in [0.4, 0.5) is 8.78 Å². The molecule has 0 saturated carbocycles. The molecule has 1 nitrogen and oxygen atoms in total. The summed E-state index contributed by atoms with van der Waals surface area (Å²) in [6.45, 7) is 0.304. The summed E-state index contributed by atoms with van der Waals surface area (Å²) in [6, 6.07) is 13.1. The average molecular weight is 294 g/mol. The van der Waals surface area contributed by atoms with E-state index in [9.17, 15) is 8.78 Å². The smallest absolute Gasteiger partial charge is 0.180 e.